The summed E-state index contributed by atoms with van der Waals surface area (Å²) < 4.78 is 0. The maximum absolute atomic E-state index is 13.4. The Labute approximate surface area is 230 Å². The van der Waals surface area contributed by atoms with E-state index in [9.17, 15) is 9.59 Å². The van der Waals surface area contributed by atoms with Crippen molar-refractivity contribution in [2.75, 3.05) is 31.1 Å². The second-order valence-corrected chi connectivity index (χ2v) is 10.7. The zero-order chi connectivity index (χ0) is 26.1. The van der Waals surface area contributed by atoms with Crippen molar-refractivity contribution in [3.63, 3.8) is 0 Å². The minimum atomic E-state index is -0.712. The highest BCUT2D eigenvalue weighted by molar-refractivity contribution is 8.13. The van der Waals surface area contributed by atoms with Crippen LogP contribution in [0.2, 0.25) is 5.02 Å². The molecule has 0 bridgehead atoms. The lowest BCUT2D eigenvalue weighted by atomic mass is 10.1. The summed E-state index contributed by atoms with van der Waals surface area (Å²) in [7, 11) is 0. The van der Waals surface area contributed by atoms with Gasteiger partial charge >= 0.3 is 0 Å². The maximum Gasteiger partial charge on any atom is 0.271 e. The van der Waals surface area contributed by atoms with Crippen LogP contribution in [0, 0.1) is 0 Å². The van der Waals surface area contributed by atoms with Gasteiger partial charge in [-0.05, 0) is 35.9 Å². The smallest absolute Gasteiger partial charge is 0.271 e. The first-order valence-corrected chi connectivity index (χ1v) is 14.0. The molecule has 6 rings (SSSR count). The number of para-hydroxylation sites is 2. The van der Waals surface area contributed by atoms with Gasteiger partial charge in [-0.15, -0.1) is 0 Å². The van der Waals surface area contributed by atoms with E-state index in [4.69, 9.17) is 16.6 Å². The van der Waals surface area contributed by atoms with Gasteiger partial charge in [-0.2, -0.15) is 4.99 Å². The van der Waals surface area contributed by atoms with Crippen LogP contribution in [-0.4, -0.2) is 64.8 Å². The zero-order valence-electron chi connectivity index (χ0n) is 20.7. The topological polar surface area (TPSA) is 68.6 Å². The van der Waals surface area contributed by atoms with Gasteiger partial charge in [0.25, 0.3) is 5.91 Å². The fourth-order valence-corrected chi connectivity index (χ4v) is 6.34. The largest absolute Gasteiger partial charge is 0.368 e. The van der Waals surface area contributed by atoms with E-state index >= 15 is 0 Å². The SMILES string of the molecule is O=C1N=C2c3ccccc3N=C(SCc3ccccc3Cl)N2C1CC(=O)N1CCN(c2ccccc2)CC1. The lowest BCUT2D eigenvalue weighted by Gasteiger charge is -2.37. The average molecular weight is 544 g/mol. The van der Waals surface area contributed by atoms with Crippen molar-refractivity contribution in [2.45, 2.75) is 18.2 Å². The molecule has 3 aliphatic heterocycles. The first-order valence-electron chi connectivity index (χ1n) is 12.6. The number of anilines is 1. The van der Waals surface area contributed by atoms with E-state index in [1.165, 1.54) is 11.8 Å². The number of hydrogen-bond acceptors (Lipinski definition) is 6. The average Bonchev–Trinajstić information content (AvgIpc) is 3.29. The van der Waals surface area contributed by atoms with Crippen LogP contribution in [-0.2, 0) is 15.3 Å². The number of amides is 2. The van der Waals surface area contributed by atoms with Crippen LogP contribution in [0.4, 0.5) is 11.4 Å². The molecule has 9 heteroatoms. The summed E-state index contributed by atoms with van der Waals surface area (Å²) in [4.78, 5) is 41.9. The minimum Gasteiger partial charge on any atom is -0.368 e. The normalized spacial score (nSPS) is 18.6. The predicted octanol–water partition coefficient (Wildman–Crippen LogP) is 4.97. The van der Waals surface area contributed by atoms with Crippen molar-refractivity contribution in [3.05, 3.63) is 95.0 Å². The van der Waals surface area contributed by atoms with Crippen LogP contribution >= 0.6 is 23.4 Å². The van der Waals surface area contributed by atoms with Crippen LogP contribution in [0.3, 0.4) is 0 Å². The molecule has 2 amide bonds. The molecule has 7 nitrogen and oxygen atoms in total. The Morgan fingerprint density at radius 2 is 1.61 bits per heavy atom. The van der Waals surface area contributed by atoms with Gasteiger partial charge in [-0.25, -0.2) is 4.99 Å². The maximum atomic E-state index is 13.4. The second-order valence-electron chi connectivity index (χ2n) is 9.36. The van der Waals surface area contributed by atoms with E-state index < -0.39 is 6.04 Å². The summed E-state index contributed by atoms with van der Waals surface area (Å²) in [6.07, 6.45) is 0.0605. The molecule has 1 unspecified atom stereocenters. The molecule has 0 saturated carbocycles. The molecular formula is C29H26ClN5O2S. The minimum absolute atomic E-state index is 0.0400. The number of hydrogen-bond donors (Lipinski definition) is 0. The third kappa shape index (κ3) is 4.81. The highest BCUT2D eigenvalue weighted by Crippen LogP contribution is 2.36. The number of nitrogens with zero attached hydrogens (tertiary/aromatic N) is 5. The number of piperazine rings is 1. The molecule has 1 fully saturated rings. The van der Waals surface area contributed by atoms with Crippen LogP contribution in [0.5, 0.6) is 0 Å². The monoisotopic (exact) mass is 543 g/mol. The van der Waals surface area contributed by atoms with Gasteiger partial charge in [0.2, 0.25) is 5.91 Å². The molecule has 0 radical (unpaired) electrons. The van der Waals surface area contributed by atoms with Gasteiger partial charge in [0, 0.05) is 48.2 Å². The van der Waals surface area contributed by atoms with Crippen molar-refractivity contribution in [1.29, 1.82) is 0 Å². The van der Waals surface area contributed by atoms with Gasteiger partial charge in [0.05, 0.1) is 12.1 Å². The predicted molar refractivity (Wildman–Crippen MR) is 153 cm³/mol. The van der Waals surface area contributed by atoms with E-state index in [1.54, 1.807) is 0 Å². The molecule has 3 aromatic carbocycles. The standard InChI is InChI=1S/C29H26ClN5O2S/c30-23-12-6-4-8-20(23)19-38-29-31-24-13-7-5-11-22(24)27-32-28(37)25(35(27)29)18-26(36)34-16-14-33(15-17-34)21-9-2-1-3-10-21/h1-13,25H,14-19H2. The van der Waals surface area contributed by atoms with Crippen LogP contribution in [0.15, 0.2) is 88.8 Å². The molecule has 3 aromatic rings. The molecule has 1 atom stereocenters. The number of halogens is 1. The van der Waals surface area contributed by atoms with E-state index in [-0.39, 0.29) is 18.2 Å². The molecule has 0 aliphatic carbocycles. The summed E-state index contributed by atoms with van der Waals surface area (Å²) in [5, 5.41) is 1.34. The Bertz CT molecular complexity index is 1440. The molecule has 0 aromatic heterocycles. The number of rotatable bonds is 5. The van der Waals surface area contributed by atoms with Gasteiger partial charge < -0.3 is 9.80 Å². The summed E-state index contributed by atoms with van der Waals surface area (Å²) in [5.41, 5.74) is 3.70. The number of aliphatic imine (C=N–C) groups is 2. The van der Waals surface area contributed by atoms with Crippen LogP contribution in [0.1, 0.15) is 17.5 Å². The second kappa shape index (κ2) is 10.6. The van der Waals surface area contributed by atoms with Crippen molar-refractivity contribution < 1.29 is 9.59 Å². The van der Waals surface area contributed by atoms with Crippen molar-refractivity contribution in [1.82, 2.24) is 9.80 Å². The van der Waals surface area contributed by atoms with E-state index in [0.717, 1.165) is 35.6 Å². The zero-order valence-corrected chi connectivity index (χ0v) is 22.2. The quantitative estimate of drug-likeness (QED) is 0.454. The van der Waals surface area contributed by atoms with E-state index in [2.05, 4.69) is 22.0 Å². The Morgan fingerprint density at radius 3 is 2.39 bits per heavy atom. The summed E-state index contributed by atoms with van der Waals surface area (Å²) >= 11 is 7.89. The molecule has 1 saturated heterocycles. The molecule has 192 valence electrons. The molecule has 3 aliphatic rings. The summed E-state index contributed by atoms with van der Waals surface area (Å²) in [6.45, 7) is 2.75. The first kappa shape index (κ1) is 24.7. The Morgan fingerprint density at radius 1 is 0.895 bits per heavy atom. The van der Waals surface area contributed by atoms with Crippen LogP contribution in [0.25, 0.3) is 0 Å². The third-order valence-electron chi connectivity index (χ3n) is 7.04. The fourth-order valence-electron chi connectivity index (χ4n) is 5.01. The van der Waals surface area contributed by atoms with Gasteiger partial charge in [0.15, 0.2) is 5.17 Å². The number of thioether (sulfide) groups is 1. The van der Waals surface area contributed by atoms with Gasteiger partial charge in [0.1, 0.15) is 11.9 Å². The van der Waals surface area contributed by atoms with Crippen molar-refractivity contribution in [2.24, 2.45) is 9.98 Å². The molecule has 0 N–H and O–H groups in total. The number of carbonyl (C=O) groups excluding carboxylic acids is 2. The van der Waals surface area contributed by atoms with Crippen molar-refractivity contribution in [3.8, 4) is 0 Å². The van der Waals surface area contributed by atoms with E-state index in [0.29, 0.717) is 34.9 Å². The van der Waals surface area contributed by atoms with Crippen molar-refractivity contribution >= 4 is 57.6 Å². The summed E-state index contributed by atoms with van der Waals surface area (Å²) in [6, 6.07) is 24.9. The third-order valence-corrected chi connectivity index (χ3v) is 8.41. The number of fused-ring (bicyclic) bond motifs is 3. The lowest BCUT2D eigenvalue weighted by Crippen LogP contribution is -2.51. The number of carbonyl (C=O) groups is 2. The molecule has 3 heterocycles. The first-order chi connectivity index (χ1) is 18.6. The lowest BCUT2D eigenvalue weighted by molar-refractivity contribution is -0.134. The van der Waals surface area contributed by atoms with Gasteiger partial charge in [-0.3, -0.25) is 14.5 Å². The fraction of sp³-hybridized carbons (Fsp3) is 0.241. The molecule has 0 spiro atoms. The Balaban J connectivity index is 1.19. The van der Waals surface area contributed by atoms with Gasteiger partial charge in [-0.1, -0.05) is 71.9 Å². The van der Waals surface area contributed by atoms with E-state index in [1.807, 2.05) is 76.5 Å². The molecule has 38 heavy (non-hydrogen) atoms. The number of benzene rings is 3. The Kier molecular flexibility index (Phi) is 6.91. The Hall–Kier alpha value is -3.62. The highest BCUT2D eigenvalue weighted by Gasteiger charge is 2.43. The van der Waals surface area contributed by atoms with Crippen LogP contribution < -0.4 is 4.90 Å². The molecular weight excluding hydrogens is 518 g/mol. The highest BCUT2D eigenvalue weighted by atomic mass is 35.5. The number of amidine groups is 2. The summed E-state index contributed by atoms with van der Waals surface area (Å²) in [5.74, 6) is 0.801.